The molecule has 0 radical (unpaired) electrons. The van der Waals surface area contributed by atoms with Crippen molar-refractivity contribution in [3.8, 4) is 0 Å². The normalized spacial score (nSPS) is 19.6. The van der Waals surface area contributed by atoms with Gasteiger partial charge in [0.2, 0.25) is 0 Å². The number of rotatable bonds is 3. The number of Topliss-reactive ketones (excluding diaryl/α,β-unsaturated/α-hetero) is 1. The van der Waals surface area contributed by atoms with Crippen molar-refractivity contribution in [2.24, 2.45) is 5.92 Å². The smallest absolute Gasteiger partial charge is 0.132 e. The van der Waals surface area contributed by atoms with E-state index in [1.165, 1.54) is 5.56 Å². The molecule has 0 aliphatic heterocycles. The molecule has 2 rings (SSSR count). The summed E-state index contributed by atoms with van der Waals surface area (Å²) >= 11 is 0. The van der Waals surface area contributed by atoms with Crippen LogP contribution in [0.3, 0.4) is 0 Å². The molecule has 1 saturated carbocycles. The van der Waals surface area contributed by atoms with Gasteiger partial charge in [-0.25, -0.2) is 0 Å². The molecule has 0 bridgehead atoms. The van der Waals surface area contributed by atoms with Crippen molar-refractivity contribution in [1.29, 1.82) is 0 Å². The lowest BCUT2D eigenvalue weighted by Crippen LogP contribution is -2.30. The van der Waals surface area contributed by atoms with Gasteiger partial charge in [-0.2, -0.15) is 0 Å². The summed E-state index contributed by atoms with van der Waals surface area (Å²) in [5.41, 5.74) is 1.26. The fourth-order valence-corrected chi connectivity index (χ4v) is 2.82. The zero-order chi connectivity index (χ0) is 12.3. The van der Waals surface area contributed by atoms with Crippen molar-refractivity contribution < 1.29 is 4.79 Å². The maximum absolute atomic E-state index is 11.3. The van der Waals surface area contributed by atoms with E-state index in [1.807, 2.05) is 12.3 Å². The second kappa shape index (κ2) is 5.41. The molecule has 1 aromatic heterocycles. The van der Waals surface area contributed by atoms with E-state index in [0.29, 0.717) is 17.7 Å². The van der Waals surface area contributed by atoms with Gasteiger partial charge in [-0.05, 0) is 44.5 Å². The van der Waals surface area contributed by atoms with Gasteiger partial charge in [0.1, 0.15) is 5.78 Å². The Hall–Kier alpha value is -1.22. The Morgan fingerprint density at radius 1 is 1.35 bits per heavy atom. The highest BCUT2D eigenvalue weighted by Gasteiger charge is 2.29. The highest BCUT2D eigenvalue weighted by atomic mass is 16.1. The molecule has 1 aromatic rings. The molecule has 0 N–H and O–H groups in total. The Labute approximate surface area is 103 Å². The fraction of sp³-hybridized carbons (Fsp3) is 0.571. The average molecular weight is 232 g/mol. The zero-order valence-electron chi connectivity index (χ0n) is 10.6. The lowest BCUT2D eigenvalue weighted by molar-refractivity contribution is -0.121. The van der Waals surface area contributed by atoms with E-state index < -0.39 is 0 Å². The van der Waals surface area contributed by atoms with Crippen LogP contribution in [0.25, 0.3) is 0 Å². The maximum Gasteiger partial charge on any atom is 0.132 e. The summed E-state index contributed by atoms with van der Waals surface area (Å²) in [6, 6.07) is 4.50. The topological polar surface area (TPSA) is 33.2 Å². The van der Waals surface area contributed by atoms with Gasteiger partial charge in [-0.3, -0.25) is 9.78 Å². The SMILES string of the molecule is CN(C)C(c1cccnc1)C1CCC(=O)CC1. The van der Waals surface area contributed by atoms with Gasteiger partial charge in [-0.15, -0.1) is 0 Å². The molecule has 1 aliphatic rings. The third-order valence-corrected chi connectivity index (χ3v) is 3.62. The third kappa shape index (κ3) is 2.91. The number of nitrogens with zero attached hydrogens (tertiary/aromatic N) is 2. The summed E-state index contributed by atoms with van der Waals surface area (Å²) < 4.78 is 0. The molecule has 3 heteroatoms. The van der Waals surface area contributed by atoms with Crippen molar-refractivity contribution in [3.63, 3.8) is 0 Å². The van der Waals surface area contributed by atoms with Crippen LogP contribution in [0.4, 0.5) is 0 Å². The molecule has 3 nitrogen and oxygen atoms in total. The van der Waals surface area contributed by atoms with Gasteiger partial charge >= 0.3 is 0 Å². The van der Waals surface area contributed by atoms with Crippen LogP contribution in [0, 0.1) is 5.92 Å². The van der Waals surface area contributed by atoms with Gasteiger partial charge in [-0.1, -0.05) is 6.07 Å². The molecule has 0 spiro atoms. The molecular weight excluding hydrogens is 212 g/mol. The highest BCUT2D eigenvalue weighted by Crippen LogP contribution is 2.35. The van der Waals surface area contributed by atoms with Crippen LogP contribution in [0.1, 0.15) is 37.3 Å². The van der Waals surface area contributed by atoms with Crippen molar-refractivity contribution in [2.45, 2.75) is 31.7 Å². The van der Waals surface area contributed by atoms with E-state index in [2.05, 4.69) is 30.0 Å². The first kappa shape index (κ1) is 12.2. The summed E-state index contributed by atoms with van der Waals surface area (Å²) in [6.07, 6.45) is 7.26. The molecule has 0 amide bonds. The van der Waals surface area contributed by atoms with Crippen molar-refractivity contribution in [3.05, 3.63) is 30.1 Å². The monoisotopic (exact) mass is 232 g/mol. The van der Waals surface area contributed by atoms with Gasteiger partial charge in [0, 0.05) is 31.3 Å². The van der Waals surface area contributed by atoms with Crippen molar-refractivity contribution in [1.82, 2.24) is 9.88 Å². The minimum atomic E-state index is 0.386. The van der Waals surface area contributed by atoms with Crippen molar-refractivity contribution >= 4 is 5.78 Å². The average Bonchev–Trinajstić information content (AvgIpc) is 2.33. The molecule has 1 atom stereocenters. The number of hydrogen-bond donors (Lipinski definition) is 0. The fourth-order valence-electron chi connectivity index (χ4n) is 2.82. The summed E-state index contributed by atoms with van der Waals surface area (Å²) in [4.78, 5) is 17.8. The molecule has 92 valence electrons. The quantitative estimate of drug-likeness (QED) is 0.802. The van der Waals surface area contributed by atoms with Crippen LogP contribution >= 0.6 is 0 Å². The van der Waals surface area contributed by atoms with E-state index in [0.717, 1.165) is 25.7 Å². The van der Waals surface area contributed by atoms with Crippen molar-refractivity contribution in [2.75, 3.05) is 14.1 Å². The highest BCUT2D eigenvalue weighted by molar-refractivity contribution is 5.79. The number of pyridine rings is 1. The molecule has 1 unspecified atom stereocenters. The Kier molecular flexibility index (Phi) is 3.89. The molecule has 17 heavy (non-hydrogen) atoms. The van der Waals surface area contributed by atoms with Crippen LogP contribution in [0.15, 0.2) is 24.5 Å². The van der Waals surface area contributed by atoms with Gasteiger partial charge in [0.05, 0.1) is 0 Å². The zero-order valence-corrected chi connectivity index (χ0v) is 10.6. The van der Waals surface area contributed by atoms with E-state index in [-0.39, 0.29) is 0 Å². The minimum Gasteiger partial charge on any atom is -0.302 e. The summed E-state index contributed by atoms with van der Waals surface area (Å²) in [5.74, 6) is 0.997. The lowest BCUT2D eigenvalue weighted by atomic mass is 9.80. The Bertz CT molecular complexity index is 365. The van der Waals surface area contributed by atoms with Gasteiger partial charge in [0.15, 0.2) is 0 Å². The predicted molar refractivity (Wildman–Crippen MR) is 67.6 cm³/mol. The lowest BCUT2D eigenvalue weighted by Gasteiger charge is -2.34. The number of carbonyl (C=O) groups excluding carboxylic acids is 1. The second-order valence-electron chi connectivity index (χ2n) is 5.07. The van der Waals surface area contributed by atoms with E-state index in [1.54, 1.807) is 6.20 Å². The van der Waals surface area contributed by atoms with Crippen LogP contribution in [-0.2, 0) is 4.79 Å². The van der Waals surface area contributed by atoms with E-state index in [4.69, 9.17) is 0 Å². The number of ketones is 1. The van der Waals surface area contributed by atoms with Gasteiger partial charge in [0.25, 0.3) is 0 Å². The summed E-state index contributed by atoms with van der Waals surface area (Å²) in [7, 11) is 4.21. The molecule has 0 aromatic carbocycles. The summed E-state index contributed by atoms with van der Waals surface area (Å²) in [6.45, 7) is 0. The number of aromatic nitrogens is 1. The Morgan fingerprint density at radius 3 is 2.59 bits per heavy atom. The maximum atomic E-state index is 11.3. The number of hydrogen-bond acceptors (Lipinski definition) is 3. The standard InChI is InChI=1S/C14H20N2O/c1-16(2)14(12-4-3-9-15-10-12)11-5-7-13(17)8-6-11/h3-4,9-11,14H,5-8H2,1-2H3. The first-order valence-electron chi connectivity index (χ1n) is 6.26. The van der Waals surface area contributed by atoms with Crippen LogP contribution in [0.5, 0.6) is 0 Å². The van der Waals surface area contributed by atoms with Crippen LogP contribution in [-0.4, -0.2) is 29.8 Å². The molecular formula is C14H20N2O. The Balaban J connectivity index is 2.15. The third-order valence-electron chi connectivity index (χ3n) is 3.62. The Morgan fingerprint density at radius 2 is 2.06 bits per heavy atom. The molecule has 1 fully saturated rings. The minimum absolute atomic E-state index is 0.386. The van der Waals surface area contributed by atoms with E-state index >= 15 is 0 Å². The largest absolute Gasteiger partial charge is 0.302 e. The first-order chi connectivity index (χ1) is 8.18. The van der Waals surface area contributed by atoms with E-state index in [9.17, 15) is 4.79 Å². The molecule has 1 aliphatic carbocycles. The number of carbonyl (C=O) groups is 1. The summed E-state index contributed by atoms with van der Waals surface area (Å²) in [5, 5.41) is 0. The van der Waals surface area contributed by atoms with Gasteiger partial charge < -0.3 is 4.90 Å². The first-order valence-corrected chi connectivity index (χ1v) is 6.26. The molecule has 0 saturated heterocycles. The van der Waals surface area contributed by atoms with Crippen LogP contribution < -0.4 is 0 Å². The predicted octanol–water partition coefficient (Wildman–Crippen LogP) is 2.44. The second-order valence-corrected chi connectivity index (χ2v) is 5.07. The molecule has 1 heterocycles. The van der Waals surface area contributed by atoms with Crippen LogP contribution in [0.2, 0.25) is 0 Å².